The van der Waals surface area contributed by atoms with Gasteiger partial charge in [-0.3, -0.25) is 4.79 Å². The summed E-state index contributed by atoms with van der Waals surface area (Å²) in [5.74, 6) is -0.106. The van der Waals surface area contributed by atoms with Gasteiger partial charge in [0.1, 0.15) is 0 Å². The van der Waals surface area contributed by atoms with Crippen molar-refractivity contribution in [2.45, 2.75) is 38.8 Å². The molecule has 0 aliphatic heterocycles. The number of thiophene rings is 1. The van der Waals surface area contributed by atoms with Gasteiger partial charge in [0.15, 0.2) is 0 Å². The molecule has 0 aliphatic carbocycles. The van der Waals surface area contributed by atoms with Crippen LogP contribution < -0.4 is 11.1 Å². The molecule has 0 saturated heterocycles. The molecule has 1 heterocycles. The third-order valence-electron chi connectivity index (χ3n) is 2.08. The van der Waals surface area contributed by atoms with Gasteiger partial charge in [0.2, 0.25) is 5.91 Å². The zero-order valence-corrected chi connectivity index (χ0v) is 10.2. The quantitative estimate of drug-likeness (QED) is 0.818. The van der Waals surface area contributed by atoms with Crippen LogP contribution in [0.3, 0.4) is 0 Å². The summed E-state index contributed by atoms with van der Waals surface area (Å²) in [4.78, 5) is 11.6. The lowest BCUT2D eigenvalue weighted by Crippen LogP contribution is -2.51. The predicted molar refractivity (Wildman–Crippen MR) is 63.9 cm³/mol. The highest BCUT2D eigenvalue weighted by molar-refractivity contribution is 7.07. The molecule has 0 bridgehead atoms. The Balaban J connectivity index is 2.43. The summed E-state index contributed by atoms with van der Waals surface area (Å²) in [7, 11) is 0. The van der Waals surface area contributed by atoms with Crippen LogP contribution >= 0.6 is 11.3 Å². The molecule has 4 heteroatoms. The molecule has 0 spiro atoms. The van der Waals surface area contributed by atoms with Crippen LogP contribution in [0.4, 0.5) is 0 Å². The molecule has 0 aliphatic rings. The molecule has 3 nitrogen and oxygen atoms in total. The van der Waals surface area contributed by atoms with Crippen molar-refractivity contribution < 1.29 is 4.79 Å². The van der Waals surface area contributed by atoms with E-state index in [-0.39, 0.29) is 11.9 Å². The molecule has 3 N–H and O–H groups in total. The van der Waals surface area contributed by atoms with E-state index in [4.69, 9.17) is 5.73 Å². The van der Waals surface area contributed by atoms with Gasteiger partial charge < -0.3 is 11.1 Å². The second kappa shape index (κ2) is 4.77. The highest BCUT2D eigenvalue weighted by Crippen LogP contribution is 2.09. The summed E-state index contributed by atoms with van der Waals surface area (Å²) in [5.41, 5.74) is 6.14. The highest BCUT2D eigenvalue weighted by Gasteiger charge is 2.22. The Morgan fingerprint density at radius 1 is 1.67 bits per heavy atom. The van der Waals surface area contributed by atoms with Gasteiger partial charge in [0.05, 0.1) is 5.54 Å². The summed E-state index contributed by atoms with van der Waals surface area (Å²) in [6.07, 6.45) is 0.853. The van der Waals surface area contributed by atoms with Crippen LogP contribution in [0.25, 0.3) is 0 Å². The topological polar surface area (TPSA) is 55.1 Å². The van der Waals surface area contributed by atoms with E-state index in [0.717, 1.165) is 6.42 Å². The molecule has 15 heavy (non-hydrogen) atoms. The number of carbonyl (C=O) groups is 1. The Labute approximate surface area is 94.7 Å². The van der Waals surface area contributed by atoms with Crippen LogP contribution in [-0.2, 0) is 11.2 Å². The first-order valence-electron chi connectivity index (χ1n) is 5.00. The van der Waals surface area contributed by atoms with Crippen molar-refractivity contribution in [3.05, 3.63) is 22.4 Å². The molecule has 0 aromatic carbocycles. The summed E-state index contributed by atoms with van der Waals surface area (Å²) >= 11 is 1.67. The molecule has 1 atom stereocenters. The van der Waals surface area contributed by atoms with E-state index in [2.05, 4.69) is 16.8 Å². The van der Waals surface area contributed by atoms with Gasteiger partial charge in [0, 0.05) is 6.04 Å². The van der Waals surface area contributed by atoms with Crippen molar-refractivity contribution in [3.8, 4) is 0 Å². The van der Waals surface area contributed by atoms with E-state index in [1.165, 1.54) is 5.56 Å². The Morgan fingerprint density at radius 2 is 2.33 bits per heavy atom. The number of amides is 1. The molecule has 84 valence electrons. The first-order valence-corrected chi connectivity index (χ1v) is 5.95. The van der Waals surface area contributed by atoms with E-state index in [1.54, 1.807) is 25.2 Å². The number of nitrogens with two attached hydrogens (primary N) is 1. The van der Waals surface area contributed by atoms with Crippen LogP contribution in [0.2, 0.25) is 0 Å². The Morgan fingerprint density at radius 3 is 2.80 bits per heavy atom. The fraction of sp³-hybridized carbons (Fsp3) is 0.545. The fourth-order valence-electron chi connectivity index (χ4n) is 1.22. The van der Waals surface area contributed by atoms with Crippen LogP contribution in [0.1, 0.15) is 26.3 Å². The van der Waals surface area contributed by atoms with Gasteiger partial charge in [0.25, 0.3) is 0 Å². The third-order valence-corrected chi connectivity index (χ3v) is 2.82. The van der Waals surface area contributed by atoms with Crippen LogP contribution in [0.15, 0.2) is 16.8 Å². The Bertz CT molecular complexity index is 314. The standard InChI is InChI=1S/C11H18N2OS/c1-8(6-9-4-5-15-7-9)13-10(14)11(2,3)12/h4-5,7-8H,6,12H2,1-3H3,(H,13,14). The van der Waals surface area contributed by atoms with Crippen LogP contribution in [0, 0.1) is 0 Å². The van der Waals surface area contributed by atoms with E-state index >= 15 is 0 Å². The lowest BCUT2D eigenvalue weighted by Gasteiger charge is -2.21. The predicted octanol–water partition coefficient (Wildman–Crippen LogP) is 1.53. The molecule has 1 unspecified atom stereocenters. The number of rotatable bonds is 4. The molecular formula is C11H18N2OS. The van der Waals surface area contributed by atoms with Crippen molar-refractivity contribution in [2.75, 3.05) is 0 Å². The SMILES string of the molecule is CC(Cc1ccsc1)NC(=O)C(C)(C)N. The molecule has 1 amide bonds. The number of hydrogen-bond donors (Lipinski definition) is 2. The molecule has 1 aromatic heterocycles. The van der Waals surface area contributed by atoms with Crippen LogP contribution in [-0.4, -0.2) is 17.5 Å². The molecular weight excluding hydrogens is 208 g/mol. The average molecular weight is 226 g/mol. The first-order chi connectivity index (χ1) is 6.89. The minimum Gasteiger partial charge on any atom is -0.352 e. The van der Waals surface area contributed by atoms with Crippen molar-refractivity contribution in [1.82, 2.24) is 5.32 Å². The van der Waals surface area contributed by atoms with Gasteiger partial charge >= 0.3 is 0 Å². The largest absolute Gasteiger partial charge is 0.352 e. The number of nitrogens with one attached hydrogen (secondary N) is 1. The van der Waals surface area contributed by atoms with E-state index in [1.807, 2.05) is 12.3 Å². The summed E-state index contributed by atoms with van der Waals surface area (Å²) in [6.45, 7) is 5.40. The molecule has 1 aromatic rings. The first kappa shape index (κ1) is 12.2. The summed E-state index contributed by atoms with van der Waals surface area (Å²) in [5, 5.41) is 7.03. The van der Waals surface area contributed by atoms with E-state index in [9.17, 15) is 4.79 Å². The monoisotopic (exact) mass is 226 g/mol. The maximum Gasteiger partial charge on any atom is 0.239 e. The van der Waals surface area contributed by atoms with Crippen LogP contribution in [0.5, 0.6) is 0 Å². The number of carbonyl (C=O) groups excluding carboxylic acids is 1. The highest BCUT2D eigenvalue weighted by atomic mass is 32.1. The van der Waals surface area contributed by atoms with E-state index in [0.29, 0.717) is 0 Å². The van der Waals surface area contributed by atoms with Crippen molar-refractivity contribution in [1.29, 1.82) is 0 Å². The molecule has 0 radical (unpaired) electrons. The third kappa shape index (κ3) is 4.01. The normalized spacial score (nSPS) is 13.6. The summed E-state index contributed by atoms with van der Waals surface area (Å²) < 4.78 is 0. The van der Waals surface area contributed by atoms with Gasteiger partial charge in [-0.15, -0.1) is 0 Å². The molecule has 0 saturated carbocycles. The Hall–Kier alpha value is -0.870. The lowest BCUT2D eigenvalue weighted by molar-refractivity contribution is -0.125. The zero-order valence-electron chi connectivity index (χ0n) is 9.41. The minimum atomic E-state index is -0.803. The molecule has 1 rings (SSSR count). The van der Waals surface area contributed by atoms with Gasteiger partial charge in [-0.05, 0) is 49.6 Å². The van der Waals surface area contributed by atoms with Crippen molar-refractivity contribution in [3.63, 3.8) is 0 Å². The zero-order chi connectivity index (χ0) is 11.5. The second-order valence-corrected chi connectivity index (χ2v) is 5.21. The smallest absolute Gasteiger partial charge is 0.239 e. The van der Waals surface area contributed by atoms with Gasteiger partial charge in [-0.1, -0.05) is 0 Å². The van der Waals surface area contributed by atoms with Crippen molar-refractivity contribution >= 4 is 17.2 Å². The van der Waals surface area contributed by atoms with Gasteiger partial charge in [-0.2, -0.15) is 11.3 Å². The molecule has 0 fully saturated rings. The van der Waals surface area contributed by atoms with Gasteiger partial charge in [-0.25, -0.2) is 0 Å². The lowest BCUT2D eigenvalue weighted by atomic mass is 10.0. The Kier molecular flexibility index (Phi) is 3.88. The second-order valence-electron chi connectivity index (χ2n) is 4.43. The fourth-order valence-corrected chi connectivity index (χ4v) is 1.90. The summed E-state index contributed by atoms with van der Waals surface area (Å²) in [6, 6.07) is 2.19. The average Bonchev–Trinajstić information content (AvgIpc) is 2.54. The van der Waals surface area contributed by atoms with Crippen molar-refractivity contribution in [2.24, 2.45) is 5.73 Å². The number of hydrogen-bond acceptors (Lipinski definition) is 3. The maximum absolute atomic E-state index is 11.6. The van der Waals surface area contributed by atoms with E-state index < -0.39 is 5.54 Å². The minimum absolute atomic E-state index is 0.106. The maximum atomic E-state index is 11.6.